The summed E-state index contributed by atoms with van der Waals surface area (Å²) in [7, 11) is 0. The van der Waals surface area contributed by atoms with Crippen molar-refractivity contribution in [2.75, 3.05) is 18.0 Å². The highest BCUT2D eigenvalue weighted by atomic mass is 19.1. The molecule has 2 nitrogen and oxygen atoms in total. The molecule has 2 rings (SSSR count). The van der Waals surface area contributed by atoms with E-state index in [1.807, 2.05) is 6.07 Å². The van der Waals surface area contributed by atoms with Crippen molar-refractivity contribution >= 4 is 5.69 Å². The number of anilines is 1. The van der Waals surface area contributed by atoms with Gasteiger partial charge >= 0.3 is 0 Å². The molecule has 0 amide bonds. The quantitative estimate of drug-likeness (QED) is 0.887. The molecule has 0 heterocycles. The normalized spacial score (nSPS) is 24.4. The monoisotopic (exact) mass is 278 g/mol. The lowest BCUT2D eigenvalue weighted by atomic mass is 9.78. The number of halogens is 1. The number of benzene rings is 1. The summed E-state index contributed by atoms with van der Waals surface area (Å²) in [6, 6.07) is 7.21. The Morgan fingerprint density at radius 3 is 2.80 bits per heavy atom. The van der Waals surface area contributed by atoms with Gasteiger partial charge in [-0.05, 0) is 49.8 Å². The Balaban J connectivity index is 2.18. The van der Waals surface area contributed by atoms with E-state index in [1.54, 1.807) is 12.1 Å². The fraction of sp³-hybridized carbons (Fsp3) is 0.647. The van der Waals surface area contributed by atoms with Crippen LogP contribution < -0.4 is 10.6 Å². The zero-order valence-corrected chi connectivity index (χ0v) is 12.7. The Hall–Kier alpha value is -1.09. The van der Waals surface area contributed by atoms with Crippen LogP contribution in [0.2, 0.25) is 0 Å². The van der Waals surface area contributed by atoms with E-state index in [-0.39, 0.29) is 5.82 Å². The molecule has 1 aliphatic rings. The highest BCUT2D eigenvalue weighted by Gasteiger charge is 2.29. The van der Waals surface area contributed by atoms with Gasteiger partial charge in [0.25, 0.3) is 0 Å². The molecule has 0 bridgehead atoms. The maximum absolute atomic E-state index is 13.5. The Kier molecular flexibility index (Phi) is 5.41. The summed E-state index contributed by atoms with van der Waals surface area (Å²) in [6.45, 7) is 5.97. The van der Waals surface area contributed by atoms with Crippen molar-refractivity contribution in [3.63, 3.8) is 0 Å². The number of hydrogen-bond acceptors (Lipinski definition) is 2. The number of nitrogens with two attached hydrogens (primary N) is 1. The fourth-order valence-corrected chi connectivity index (χ4v) is 3.67. The molecule has 1 aromatic carbocycles. The second kappa shape index (κ2) is 7.07. The summed E-state index contributed by atoms with van der Waals surface area (Å²) in [5.74, 6) is 1.25. The van der Waals surface area contributed by atoms with E-state index in [1.165, 1.54) is 31.7 Å². The summed E-state index contributed by atoms with van der Waals surface area (Å²) < 4.78 is 13.5. The van der Waals surface area contributed by atoms with Crippen LogP contribution in [0, 0.1) is 17.7 Å². The van der Waals surface area contributed by atoms with Gasteiger partial charge in [0.15, 0.2) is 0 Å². The van der Waals surface area contributed by atoms with E-state index >= 15 is 0 Å². The molecule has 1 fully saturated rings. The van der Waals surface area contributed by atoms with Crippen LogP contribution >= 0.6 is 0 Å². The number of rotatable bonds is 5. The van der Waals surface area contributed by atoms with Crippen molar-refractivity contribution in [1.82, 2.24) is 0 Å². The fourth-order valence-electron chi connectivity index (χ4n) is 3.67. The summed E-state index contributed by atoms with van der Waals surface area (Å²) >= 11 is 0. The van der Waals surface area contributed by atoms with Crippen molar-refractivity contribution in [2.45, 2.75) is 45.6 Å². The SMILES string of the molecule is CCN(c1cccc(F)c1)C(CN)C1CCCC(C)C1. The largest absolute Gasteiger partial charge is 0.367 e. The van der Waals surface area contributed by atoms with Crippen molar-refractivity contribution in [3.05, 3.63) is 30.1 Å². The van der Waals surface area contributed by atoms with Crippen molar-refractivity contribution < 1.29 is 4.39 Å². The van der Waals surface area contributed by atoms with E-state index in [9.17, 15) is 4.39 Å². The minimum Gasteiger partial charge on any atom is -0.367 e. The molecular weight excluding hydrogens is 251 g/mol. The third kappa shape index (κ3) is 3.51. The average molecular weight is 278 g/mol. The van der Waals surface area contributed by atoms with Gasteiger partial charge in [-0.15, -0.1) is 0 Å². The summed E-state index contributed by atoms with van der Waals surface area (Å²) in [5.41, 5.74) is 7.02. The highest BCUT2D eigenvalue weighted by Crippen LogP contribution is 2.34. The first kappa shape index (κ1) is 15.3. The van der Waals surface area contributed by atoms with Crippen LogP contribution in [-0.2, 0) is 0 Å². The van der Waals surface area contributed by atoms with Gasteiger partial charge in [-0.3, -0.25) is 0 Å². The third-order valence-corrected chi connectivity index (χ3v) is 4.64. The maximum Gasteiger partial charge on any atom is 0.125 e. The van der Waals surface area contributed by atoms with Crippen LogP contribution in [0.25, 0.3) is 0 Å². The molecule has 0 aliphatic heterocycles. The lowest BCUT2D eigenvalue weighted by molar-refractivity contribution is 0.242. The first-order valence-corrected chi connectivity index (χ1v) is 7.88. The van der Waals surface area contributed by atoms with Gasteiger partial charge in [-0.1, -0.05) is 25.8 Å². The topological polar surface area (TPSA) is 29.3 Å². The van der Waals surface area contributed by atoms with Gasteiger partial charge in [0.1, 0.15) is 5.82 Å². The predicted octanol–water partition coefficient (Wildman–Crippen LogP) is 3.81. The van der Waals surface area contributed by atoms with Gasteiger partial charge in [0.2, 0.25) is 0 Å². The van der Waals surface area contributed by atoms with Gasteiger partial charge in [0.05, 0.1) is 0 Å². The second-order valence-electron chi connectivity index (χ2n) is 6.10. The van der Waals surface area contributed by atoms with Gasteiger partial charge in [-0.25, -0.2) is 4.39 Å². The van der Waals surface area contributed by atoms with Crippen LogP contribution in [0.4, 0.5) is 10.1 Å². The molecule has 0 aromatic heterocycles. The summed E-state index contributed by atoms with van der Waals surface area (Å²) in [6.07, 6.45) is 5.12. The Bertz CT molecular complexity index is 421. The van der Waals surface area contributed by atoms with E-state index in [4.69, 9.17) is 5.73 Å². The first-order chi connectivity index (χ1) is 9.65. The van der Waals surface area contributed by atoms with Gasteiger partial charge in [0, 0.05) is 24.8 Å². The molecule has 0 radical (unpaired) electrons. The molecule has 0 spiro atoms. The molecule has 0 saturated heterocycles. The smallest absolute Gasteiger partial charge is 0.125 e. The zero-order chi connectivity index (χ0) is 14.5. The van der Waals surface area contributed by atoms with Crippen molar-refractivity contribution in [2.24, 2.45) is 17.6 Å². The number of likely N-dealkylation sites (N-methyl/N-ethyl adjacent to an activating group) is 1. The van der Waals surface area contributed by atoms with Crippen molar-refractivity contribution in [1.29, 1.82) is 0 Å². The molecule has 1 aromatic rings. The second-order valence-corrected chi connectivity index (χ2v) is 6.10. The van der Waals surface area contributed by atoms with Crippen LogP contribution in [0.1, 0.15) is 39.5 Å². The zero-order valence-electron chi connectivity index (χ0n) is 12.7. The van der Waals surface area contributed by atoms with E-state index in [0.717, 1.165) is 18.2 Å². The molecule has 3 unspecified atom stereocenters. The number of nitrogens with zero attached hydrogens (tertiary/aromatic N) is 1. The van der Waals surface area contributed by atoms with Crippen LogP contribution in [-0.4, -0.2) is 19.1 Å². The molecule has 20 heavy (non-hydrogen) atoms. The molecule has 3 heteroatoms. The lowest BCUT2D eigenvalue weighted by Gasteiger charge is -2.40. The molecule has 1 aliphatic carbocycles. The minimum absolute atomic E-state index is 0.172. The number of hydrogen-bond donors (Lipinski definition) is 1. The molecular formula is C17H27FN2. The van der Waals surface area contributed by atoms with Gasteiger partial charge < -0.3 is 10.6 Å². The third-order valence-electron chi connectivity index (χ3n) is 4.64. The van der Waals surface area contributed by atoms with E-state index < -0.39 is 0 Å². The van der Waals surface area contributed by atoms with Gasteiger partial charge in [-0.2, -0.15) is 0 Å². The summed E-state index contributed by atoms with van der Waals surface area (Å²) in [4.78, 5) is 2.28. The van der Waals surface area contributed by atoms with E-state index in [2.05, 4.69) is 18.7 Å². The first-order valence-electron chi connectivity index (χ1n) is 7.88. The Labute approximate surface area is 122 Å². The molecule has 2 N–H and O–H groups in total. The van der Waals surface area contributed by atoms with Crippen LogP contribution in [0.15, 0.2) is 24.3 Å². The summed E-state index contributed by atoms with van der Waals surface area (Å²) in [5, 5.41) is 0. The molecule has 3 atom stereocenters. The average Bonchev–Trinajstić information content (AvgIpc) is 2.44. The van der Waals surface area contributed by atoms with Crippen LogP contribution in [0.3, 0.4) is 0 Å². The predicted molar refractivity (Wildman–Crippen MR) is 83.4 cm³/mol. The lowest BCUT2D eigenvalue weighted by Crippen LogP contribution is -2.47. The minimum atomic E-state index is -0.172. The molecule has 1 saturated carbocycles. The van der Waals surface area contributed by atoms with Crippen LogP contribution in [0.5, 0.6) is 0 Å². The van der Waals surface area contributed by atoms with Crippen molar-refractivity contribution in [3.8, 4) is 0 Å². The maximum atomic E-state index is 13.5. The standard InChI is InChI=1S/C17H27FN2/c1-3-20(16-9-5-8-15(18)11-16)17(12-19)14-7-4-6-13(2)10-14/h5,8-9,11,13-14,17H,3-4,6-7,10,12,19H2,1-2H3. The Morgan fingerprint density at radius 1 is 1.40 bits per heavy atom. The van der Waals surface area contributed by atoms with E-state index in [0.29, 0.717) is 18.5 Å². The molecule has 112 valence electrons. The highest BCUT2D eigenvalue weighted by molar-refractivity contribution is 5.47. The Morgan fingerprint density at radius 2 is 2.20 bits per heavy atom.